The molecule has 0 spiro atoms. The van der Waals surface area contributed by atoms with Gasteiger partial charge in [-0.3, -0.25) is 29.4 Å². The Hall–Kier alpha value is -2.74. The molecule has 4 amide bonds. The minimum Gasteiger partial charge on any atom is -0.385 e. The minimum atomic E-state index is -0.967. The highest BCUT2D eigenvalue weighted by Gasteiger charge is 2.35. The van der Waals surface area contributed by atoms with Crippen LogP contribution in [0.1, 0.15) is 61.4 Å². The van der Waals surface area contributed by atoms with Crippen molar-refractivity contribution in [2.24, 2.45) is 5.92 Å². The molecule has 2 aliphatic rings. The Kier molecular flexibility index (Phi) is 8.01. The number of carbonyl (C=O) groups excluding carboxylic acids is 4. The maximum Gasteiger partial charge on any atom is 0.261 e. The van der Waals surface area contributed by atoms with E-state index >= 15 is 0 Å². The molecule has 1 aliphatic carbocycles. The van der Waals surface area contributed by atoms with Crippen molar-refractivity contribution in [3.63, 3.8) is 0 Å². The van der Waals surface area contributed by atoms with Crippen LogP contribution in [0.25, 0.3) is 0 Å². The van der Waals surface area contributed by atoms with Crippen LogP contribution in [-0.2, 0) is 14.4 Å². The van der Waals surface area contributed by atoms with Gasteiger partial charge in [-0.05, 0) is 76.2 Å². The first-order valence-corrected chi connectivity index (χ1v) is 11.5. The zero-order valence-electron chi connectivity index (χ0n) is 19.2. The maximum absolute atomic E-state index is 13.1. The van der Waals surface area contributed by atoms with Crippen LogP contribution in [0.3, 0.4) is 0 Å². The summed E-state index contributed by atoms with van der Waals surface area (Å²) in [6.45, 7) is 5.95. The molecule has 1 saturated carbocycles. The fourth-order valence-electron chi connectivity index (χ4n) is 4.71. The molecule has 1 heterocycles. The van der Waals surface area contributed by atoms with Crippen molar-refractivity contribution in [3.05, 3.63) is 29.3 Å². The monoisotopic (exact) mass is 442 g/mol. The van der Waals surface area contributed by atoms with Crippen LogP contribution in [0.2, 0.25) is 0 Å². The molecule has 8 heteroatoms. The number of hydrogen-bond donors (Lipinski definition) is 2. The molecule has 3 rings (SSSR count). The van der Waals surface area contributed by atoms with E-state index in [4.69, 9.17) is 0 Å². The van der Waals surface area contributed by atoms with Crippen molar-refractivity contribution in [1.82, 2.24) is 15.1 Å². The van der Waals surface area contributed by atoms with E-state index in [0.29, 0.717) is 23.9 Å². The average Bonchev–Trinajstić information content (AvgIpc) is 2.80. The Morgan fingerprint density at radius 1 is 1.19 bits per heavy atom. The van der Waals surface area contributed by atoms with E-state index in [1.54, 1.807) is 12.1 Å². The minimum absolute atomic E-state index is 0.102. The van der Waals surface area contributed by atoms with Crippen LogP contribution in [0.15, 0.2) is 18.2 Å². The van der Waals surface area contributed by atoms with Gasteiger partial charge in [0.2, 0.25) is 18.2 Å². The summed E-state index contributed by atoms with van der Waals surface area (Å²) in [7, 11) is 2.19. The van der Waals surface area contributed by atoms with Crippen LogP contribution in [0.5, 0.6) is 0 Å². The number of imide groups is 2. The highest BCUT2D eigenvalue weighted by atomic mass is 16.2. The Labute approximate surface area is 189 Å². The number of rotatable bonds is 8. The van der Waals surface area contributed by atoms with Crippen LogP contribution in [-0.4, -0.2) is 66.2 Å². The highest BCUT2D eigenvalue weighted by Crippen LogP contribution is 2.28. The molecule has 0 aromatic heterocycles. The smallest absolute Gasteiger partial charge is 0.261 e. The van der Waals surface area contributed by atoms with Gasteiger partial charge in [-0.25, -0.2) is 0 Å². The van der Waals surface area contributed by atoms with Crippen molar-refractivity contribution in [1.29, 1.82) is 0 Å². The summed E-state index contributed by atoms with van der Waals surface area (Å²) < 4.78 is 0. The molecule has 1 aromatic rings. The predicted octanol–water partition coefficient (Wildman–Crippen LogP) is 2.32. The Balaban J connectivity index is 1.64. The third kappa shape index (κ3) is 5.35. The van der Waals surface area contributed by atoms with Gasteiger partial charge < -0.3 is 10.2 Å². The summed E-state index contributed by atoms with van der Waals surface area (Å²) in [6.07, 6.45) is 5.38. The molecule has 2 fully saturated rings. The molecule has 2 N–H and O–H groups in total. The van der Waals surface area contributed by atoms with E-state index in [0.717, 1.165) is 29.2 Å². The average molecular weight is 443 g/mol. The lowest BCUT2D eigenvalue weighted by Crippen LogP contribution is -2.53. The first-order chi connectivity index (χ1) is 15.3. The lowest BCUT2D eigenvalue weighted by atomic mass is 9.85. The molecule has 8 nitrogen and oxygen atoms in total. The lowest BCUT2D eigenvalue weighted by Gasteiger charge is -2.34. The van der Waals surface area contributed by atoms with E-state index in [1.807, 2.05) is 13.0 Å². The van der Waals surface area contributed by atoms with E-state index in [9.17, 15) is 19.2 Å². The van der Waals surface area contributed by atoms with Gasteiger partial charge in [0.1, 0.15) is 6.04 Å². The first-order valence-electron chi connectivity index (χ1n) is 11.5. The molecule has 1 unspecified atom stereocenters. The van der Waals surface area contributed by atoms with Gasteiger partial charge in [0.15, 0.2) is 0 Å². The van der Waals surface area contributed by atoms with Crippen LogP contribution >= 0.6 is 0 Å². The normalized spacial score (nSPS) is 23.6. The second-order valence-electron chi connectivity index (χ2n) is 8.89. The summed E-state index contributed by atoms with van der Waals surface area (Å²) in [5.74, 6) is -0.941. The fourth-order valence-corrected chi connectivity index (χ4v) is 4.71. The van der Waals surface area contributed by atoms with Gasteiger partial charge in [-0.1, -0.05) is 13.0 Å². The van der Waals surface area contributed by atoms with Crippen molar-refractivity contribution < 1.29 is 19.2 Å². The molecule has 1 atom stereocenters. The van der Waals surface area contributed by atoms with E-state index in [-0.39, 0.29) is 18.7 Å². The highest BCUT2D eigenvalue weighted by molar-refractivity contribution is 6.08. The number of nitrogens with zero attached hydrogens (tertiary/aromatic N) is 2. The topological polar surface area (TPSA) is 98.8 Å². The fraction of sp³-hybridized carbons (Fsp3) is 0.583. The van der Waals surface area contributed by atoms with Crippen LogP contribution < -0.4 is 10.6 Å². The zero-order chi connectivity index (χ0) is 23.3. The summed E-state index contributed by atoms with van der Waals surface area (Å²) in [5.41, 5.74) is 1.98. The number of hydrogen-bond acceptors (Lipinski definition) is 6. The third-order valence-electron chi connectivity index (χ3n) is 6.98. The van der Waals surface area contributed by atoms with Crippen molar-refractivity contribution >= 4 is 29.8 Å². The van der Waals surface area contributed by atoms with E-state index in [1.165, 1.54) is 25.7 Å². The quantitative estimate of drug-likeness (QED) is 0.474. The van der Waals surface area contributed by atoms with Crippen molar-refractivity contribution in [2.75, 3.05) is 25.5 Å². The van der Waals surface area contributed by atoms with Gasteiger partial charge >= 0.3 is 0 Å². The zero-order valence-corrected chi connectivity index (χ0v) is 19.2. The first kappa shape index (κ1) is 23.9. The SMILES string of the molecule is CCN(C)C1CCC(CNc2cccc(C(=O)N(C=O)C3CCC(=O)NC3=O)c2C)CC1. The maximum atomic E-state index is 13.1. The molecule has 1 aromatic carbocycles. The van der Waals surface area contributed by atoms with E-state index in [2.05, 4.69) is 29.5 Å². The molecule has 174 valence electrons. The Morgan fingerprint density at radius 2 is 1.91 bits per heavy atom. The molecular weight excluding hydrogens is 408 g/mol. The van der Waals surface area contributed by atoms with Crippen molar-refractivity contribution in [3.8, 4) is 0 Å². The molecular formula is C24H34N4O4. The number of benzene rings is 1. The second kappa shape index (κ2) is 10.7. The number of nitrogens with one attached hydrogen (secondary N) is 2. The lowest BCUT2D eigenvalue weighted by molar-refractivity contribution is -0.139. The van der Waals surface area contributed by atoms with Gasteiger partial charge in [-0.15, -0.1) is 0 Å². The van der Waals surface area contributed by atoms with Gasteiger partial charge in [0, 0.05) is 30.3 Å². The number of carbonyl (C=O) groups is 4. The molecule has 0 bridgehead atoms. The summed E-state index contributed by atoms with van der Waals surface area (Å²) in [6, 6.07) is 5.07. The summed E-state index contributed by atoms with van der Waals surface area (Å²) in [4.78, 5) is 51.7. The Morgan fingerprint density at radius 3 is 2.53 bits per heavy atom. The second-order valence-corrected chi connectivity index (χ2v) is 8.89. The largest absolute Gasteiger partial charge is 0.385 e. The molecule has 1 aliphatic heterocycles. The van der Waals surface area contributed by atoms with E-state index < -0.39 is 17.9 Å². The van der Waals surface area contributed by atoms with Gasteiger partial charge in [0.25, 0.3) is 5.91 Å². The Bertz CT molecular complexity index is 864. The molecule has 32 heavy (non-hydrogen) atoms. The molecule has 0 radical (unpaired) electrons. The van der Waals surface area contributed by atoms with Crippen molar-refractivity contribution in [2.45, 2.75) is 64.5 Å². The summed E-state index contributed by atoms with van der Waals surface area (Å²) >= 11 is 0. The number of piperidine rings is 1. The standard InChI is InChI=1S/C24H34N4O4/c1-4-27(3)18-10-8-17(9-11-18)14-25-20-7-5-6-19(16(20)2)24(32)28(15-29)21-12-13-22(30)26-23(21)31/h5-7,15,17-18,21,25H,4,8-14H2,1-3H3,(H,26,30,31). The number of anilines is 1. The third-order valence-corrected chi connectivity index (χ3v) is 6.98. The molecule has 1 saturated heterocycles. The summed E-state index contributed by atoms with van der Waals surface area (Å²) in [5, 5.41) is 5.69. The number of amides is 4. The van der Waals surface area contributed by atoms with Gasteiger partial charge in [-0.2, -0.15) is 0 Å². The van der Waals surface area contributed by atoms with Crippen LogP contribution in [0, 0.1) is 12.8 Å². The van der Waals surface area contributed by atoms with Crippen LogP contribution in [0.4, 0.5) is 5.69 Å². The van der Waals surface area contributed by atoms with Gasteiger partial charge in [0.05, 0.1) is 0 Å². The predicted molar refractivity (Wildman–Crippen MR) is 122 cm³/mol.